The van der Waals surface area contributed by atoms with Gasteiger partial charge in [-0.3, -0.25) is 9.52 Å². The monoisotopic (exact) mass is 310 g/mol. The number of aryl methyl sites for hydroxylation is 1. The fraction of sp³-hybridized carbons (Fsp3) is 0.533. The van der Waals surface area contributed by atoms with E-state index in [0.717, 1.165) is 37.8 Å². The van der Waals surface area contributed by atoms with Crippen LogP contribution in [0, 0.1) is 6.92 Å². The van der Waals surface area contributed by atoms with E-state index >= 15 is 0 Å². The van der Waals surface area contributed by atoms with Gasteiger partial charge in [0.1, 0.15) is 0 Å². The van der Waals surface area contributed by atoms with E-state index in [1.807, 2.05) is 4.90 Å². The summed E-state index contributed by atoms with van der Waals surface area (Å²) in [5.74, 6) is 0.0332. The molecule has 0 aromatic heterocycles. The molecule has 5 nitrogen and oxygen atoms in total. The van der Waals surface area contributed by atoms with Crippen LogP contribution in [-0.2, 0) is 10.0 Å². The molecule has 1 saturated heterocycles. The van der Waals surface area contributed by atoms with Crippen molar-refractivity contribution in [3.05, 3.63) is 29.3 Å². The predicted octanol–water partition coefficient (Wildman–Crippen LogP) is 2.38. The normalized spacial score (nSPS) is 16.4. The number of likely N-dealkylation sites (tertiary alicyclic amines) is 1. The smallest absolute Gasteiger partial charge is 0.253 e. The third kappa shape index (κ3) is 4.46. The van der Waals surface area contributed by atoms with Gasteiger partial charge in [0.15, 0.2) is 0 Å². The molecule has 116 valence electrons. The highest BCUT2D eigenvalue weighted by Gasteiger charge is 2.18. The molecule has 0 saturated carbocycles. The summed E-state index contributed by atoms with van der Waals surface area (Å²) in [4.78, 5) is 14.4. The fourth-order valence-electron chi connectivity index (χ4n) is 2.57. The van der Waals surface area contributed by atoms with E-state index in [1.54, 1.807) is 25.1 Å². The highest BCUT2D eigenvalue weighted by Crippen LogP contribution is 2.20. The zero-order chi connectivity index (χ0) is 15.5. The molecule has 1 aromatic rings. The number of hydrogen-bond acceptors (Lipinski definition) is 3. The highest BCUT2D eigenvalue weighted by atomic mass is 32.2. The van der Waals surface area contributed by atoms with Crippen LogP contribution in [0.15, 0.2) is 18.2 Å². The second-order valence-electron chi connectivity index (χ2n) is 5.61. The number of carbonyl (C=O) groups excluding carboxylic acids is 1. The maximum atomic E-state index is 12.5. The van der Waals surface area contributed by atoms with E-state index in [9.17, 15) is 13.2 Å². The molecule has 0 bridgehead atoms. The molecule has 0 radical (unpaired) electrons. The number of rotatable bonds is 3. The molecule has 1 heterocycles. The SMILES string of the molecule is Cc1cc(C(=O)N2CCCCCC2)ccc1NS(C)(=O)=O. The molecule has 0 atom stereocenters. The van der Waals surface area contributed by atoms with Crippen LogP contribution in [0.1, 0.15) is 41.6 Å². The number of sulfonamides is 1. The lowest BCUT2D eigenvalue weighted by Gasteiger charge is -2.21. The molecule has 0 aliphatic carbocycles. The van der Waals surface area contributed by atoms with Gasteiger partial charge in [-0.2, -0.15) is 0 Å². The van der Waals surface area contributed by atoms with Crippen molar-refractivity contribution in [2.75, 3.05) is 24.1 Å². The minimum Gasteiger partial charge on any atom is -0.339 e. The summed E-state index contributed by atoms with van der Waals surface area (Å²) in [6.45, 7) is 3.41. The van der Waals surface area contributed by atoms with Gasteiger partial charge in [0.2, 0.25) is 10.0 Å². The van der Waals surface area contributed by atoms with Crippen molar-refractivity contribution in [1.82, 2.24) is 4.90 Å². The van der Waals surface area contributed by atoms with Gasteiger partial charge in [0.05, 0.1) is 11.9 Å². The molecule has 6 heteroatoms. The van der Waals surface area contributed by atoms with Crippen LogP contribution in [0.5, 0.6) is 0 Å². The lowest BCUT2D eigenvalue weighted by Crippen LogP contribution is -2.31. The molecule has 1 fully saturated rings. The Bertz CT molecular complexity index is 618. The number of hydrogen-bond donors (Lipinski definition) is 1. The molecule has 1 aliphatic heterocycles. The Morgan fingerprint density at radius 3 is 2.29 bits per heavy atom. The summed E-state index contributed by atoms with van der Waals surface area (Å²) in [5, 5.41) is 0. The van der Waals surface area contributed by atoms with Crippen molar-refractivity contribution in [2.24, 2.45) is 0 Å². The van der Waals surface area contributed by atoms with Gasteiger partial charge in [-0.05, 0) is 43.5 Å². The van der Waals surface area contributed by atoms with E-state index in [2.05, 4.69) is 4.72 Å². The molecule has 0 spiro atoms. The topological polar surface area (TPSA) is 66.5 Å². The standard InChI is InChI=1S/C15H22N2O3S/c1-12-11-13(7-8-14(12)16-21(2,19)20)15(18)17-9-5-3-4-6-10-17/h7-8,11,16H,3-6,9-10H2,1-2H3. The minimum absolute atomic E-state index is 0.0332. The van der Waals surface area contributed by atoms with Gasteiger partial charge in [0.25, 0.3) is 5.91 Å². The molecule has 21 heavy (non-hydrogen) atoms. The van der Waals surface area contributed by atoms with Crippen LogP contribution < -0.4 is 4.72 Å². The summed E-state index contributed by atoms with van der Waals surface area (Å²) >= 11 is 0. The van der Waals surface area contributed by atoms with Gasteiger partial charge in [-0.1, -0.05) is 12.8 Å². The lowest BCUT2D eigenvalue weighted by atomic mass is 10.1. The predicted molar refractivity (Wildman–Crippen MR) is 84.0 cm³/mol. The Kier molecular flexibility index (Phi) is 4.88. The zero-order valence-electron chi connectivity index (χ0n) is 12.6. The van der Waals surface area contributed by atoms with Crippen molar-refractivity contribution in [3.63, 3.8) is 0 Å². The van der Waals surface area contributed by atoms with Crippen LogP contribution in [0.25, 0.3) is 0 Å². The first-order valence-corrected chi connectivity index (χ1v) is 9.14. The van der Waals surface area contributed by atoms with Gasteiger partial charge in [-0.25, -0.2) is 8.42 Å². The Hall–Kier alpha value is -1.56. The second kappa shape index (κ2) is 6.47. The maximum Gasteiger partial charge on any atom is 0.253 e. The van der Waals surface area contributed by atoms with Crippen LogP contribution in [-0.4, -0.2) is 38.6 Å². The minimum atomic E-state index is -3.30. The molecule has 1 aliphatic rings. The summed E-state index contributed by atoms with van der Waals surface area (Å²) in [5.41, 5.74) is 1.89. The van der Waals surface area contributed by atoms with Gasteiger partial charge in [-0.15, -0.1) is 0 Å². The first kappa shape index (κ1) is 15.8. The summed E-state index contributed by atoms with van der Waals surface area (Å²) in [6, 6.07) is 5.09. The van der Waals surface area contributed by atoms with Crippen molar-refractivity contribution in [3.8, 4) is 0 Å². The van der Waals surface area contributed by atoms with Crippen molar-refractivity contribution >= 4 is 21.6 Å². The van der Waals surface area contributed by atoms with Crippen LogP contribution in [0.3, 0.4) is 0 Å². The number of amides is 1. The lowest BCUT2D eigenvalue weighted by molar-refractivity contribution is 0.0761. The van der Waals surface area contributed by atoms with Gasteiger partial charge >= 0.3 is 0 Å². The molecular formula is C15H22N2O3S. The van der Waals surface area contributed by atoms with Crippen LogP contribution in [0.4, 0.5) is 5.69 Å². The van der Waals surface area contributed by atoms with E-state index in [1.165, 1.54) is 12.8 Å². The Morgan fingerprint density at radius 1 is 1.14 bits per heavy atom. The number of carbonyl (C=O) groups is 1. The van der Waals surface area contributed by atoms with E-state index in [4.69, 9.17) is 0 Å². The molecular weight excluding hydrogens is 288 g/mol. The molecule has 1 N–H and O–H groups in total. The first-order valence-electron chi connectivity index (χ1n) is 7.24. The average Bonchev–Trinajstić information content (AvgIpc) is 2.67. The molecule has 2 rings (SSSR count). The Balaban J connectivity index is 2.17. The summed E-state index contributed by atoms with van der Waals surface area (Å²) in [7, 11) is -3.30. The van der Waals surface area contributed by atoms with Gasteiger partial charge < -0.3 is 4.90 Å². The highest BCUT2D eigenvalue weighted by molar-refractivity contribution is 7.92. The fourth-order valence-corrected chi connectivity index (χ4v) is 3.20. The van der Waals surface area contributed by atoms with Crippen LogP contribution in [0.2, 0.25) is 0 Å². The zero-order valence-corrected chi connectivity index (χ0v) is 13.4. The Morgan fingerprint density at radius 2 is 1.76 bits per heavy atom. The summed E-state index contributed by atoms with van der Waals surface area (Å²) in [6.07, 6.45) is 5.58. The first-order chi connectivity index (χ1) is 9.87. The number of nitrogens with one attached hydrogen (secondary N) is 1. The largest absolute Gasteiger partial charge is 0.339 e. The molecule has 1 aromatic carbocycles. The summed E-state index contributed by atoms with van der Waals surface area (Å²) < 4.78 is 25.0. The van der Waals surface area contributed by atoms with Gasteiger partial charge in [0, 0.05) is 18.7 Å². The van der Waals surface area contributed by atoms with Crippen molar-refractivity contribution < 1.29 is 13.2 Å². The quantitative estimate of drug-likeness (QED) is 0.932. The third-order valence-corrected chi connectivity index (χ3v) is 4.25. The van der Waals surface area contributed by atoms with Crippen molar-refractivity contribution in [2.45, 2.75) is 32.6 Å². The number of anilines is 1. The Labute approximate surface area is 126 Å². The van der Waals surface area contributed by atoms with E-state index in [0.29, 0.717) is 11.3 Å². The average molecular weight is 310 g/mol. The van der Waals surface area contributed by atoms with Crippen LogP contribution >= 0.6 is 0 Å². The third-order valence-electron chi connectivity index (χ3n) is 3.66. The maximum absolute atomic E-state index is 12.5. The van der Waals surface area contributed by atoms with E-state index < -0.39 is 10.0 Å². The van der Waals surface area contributed by atoms with Crippen molar-refractivity contribution in [1.29, 1.82) is 0 Å². The number of nitrogens with zero attached hydrogens (tertiary/aromatic N) is 1. The van der Waals surface area contributed by atoms with E-state index in [-0.39, 0.29) is 5.91 Å². The molecule has 1 amide bonds. The number of benzene rings is 1. The second-order valence-corrected chi connectivity index (χ2v) is 7.36. The molecule has 0 unspecified atom stereocenters.